The summed E-state index contributed by atoms with van der Waals surface area (Å²) in [4.78, 5) is 24.4. The molecule has 0 amide bonds. The van der Waals surface area contributed by atoms with Crippen molar-refractivity contribution in [3.8, 4) is 0 Å². The van der Waals surface area contributed by atoms with Crippen molar-refractivity contribution in [2.75, 3.05) is 0 Å². The summed E-state index contributed by atoms with van der Waals surface area (Å²) in [6.45, 7) is 0. The summed E-state index contributed by atoms with van der Waals surface area (Å²) in [6, 6.07) is 5.33. The molecule has 0 N–H and O–H groups in total. The largest absolute Gasteiger partial charge is 0.303 e. The van der Waals surface area contributed by atoms with Gasteiger partial charge in [0.2, 0.25) is 0 Å². The van der Waals surface area contributed by atoms with E-state index >= 15 is 0 Å². The van der Waals surface area contributed by atoms with Gasteiger partial charge in [0, 0.05) is 24.2 Å². The van der Waals surface area contributed by atoms with Crippen LogP contribution in [-0.4, -0.2) is 17.6 Å². The second kappa shape index (κ2) is 4.38. The van der Waals surface area contributed by atoms with Crippen LogP contribution in [0.5, 0.6) is 0 Å². The van der Waals surface area contributed by atoms with Gasteiger partial charge in [-0.25, -0.2) is 0 Å². The third kappa shape index (κ3) is 2.27. The molecule has 0 spiro atoms. The highest BCUT2D eigenvalue weighted by Crippen LogP contribution is 1.99. The fraction of sp³-hybridized carbons (Fsp3) is 0.222. The maximum Gasteiger partial charge on any atom is 0.125 e. The molecule has 12 heavy (non-hydrogen) atoms. The fourth-order valence-electron chi connectivity index (χ4n) is 0.927. The minimum Gasteiger partial charge on any atom is -0.303 e. The molecule has 3 heteroatoms. The van der Waals surface area contributed by atoms with E-state index < -0.39 is 0 Å². The summed E-state index contributed by atoms with van der Waals surface area (Å²) >= 11 is 0. The minimum atomic E-state index is 0.312. The van der Waals surface area contributed by atoms with E-state index in [1.807, 2.05) is 0 Å². The van der Waals surface area contributed by atoms with E-state index in [4.69, 9.17) is 0 Å². The molecule has 1 rings (SSSR count). The quantitative estimate of drug-likeness (QED) is 0.609. The first kappa shape index (κ1) is 8.59. The van der Waals surface area contributed by atoms with Crippen molar-refractivity contribution in [2.24, 2.45) is 0 Å². The minimum absolute atomic E-state index is 0.312. The van der Waals surface area contributed by atoms with Crippen molar-refractivity contribution in [1.82, 2.24) is 4.98 Å². The molecule has 0 saturated carbocycles. The molecule has 0 aromatic carbocycles. The van der Waals surface area contributed by atoms with Gasteiger partial charge >= 0.3 is 0 Å². The number of hydrogen-bond donors (Lipinski definition) is 0. The highest BCUT2D eigenvalue weighted by Gasteiger charge is 1.95. The second-order valence-electron chi connectivity index (χ2n) is 2.36. The predicted molar refractivity (Wildman–Crippen MR) is 43.8 cm³/mol. The Bertz CT molecular complexity index is 258. The van der Waals surface area contributed by atoms with Gasteiger partial charge in [-0.3, -0.25) is 4.98 Å². The van der Waals surface area contributed by atoms with E-state index in [1.165, 1.54) is 0 Å². The molecule has 0 saturated heterocycles. The van der Waals surface area contributed by atoms with Crippen LogP contribution in [-0.2, 0) is 22.4 Å². The number of aldehydes is 2. The Morgan fingerprint density at radius 1 is 1.08 bits per heavy atom. The first-order valence-electron chi connectivity index (χ1n) is 3.69. The molecule has 0 aliphatic rings. The first-order chi connectivity index (χ1) is 5.86. The average Bonchev–Trinajstić information content (AvgIpc) is 2.06. The van der Waals surface area contributed by atoms with Crippen LogP contribution in [0.1, 0.15) is 11.4 Å². The lowest BCUT2D eigenvalue weighted by molar-refractivity contribution is -0.108. The summed E-state index contributed by atoms with van der Waals surface area (Å²) in [5, 5.41) is 0. The third-order valence-corrected chi connectivity index (χ3v) is 1.45. The molecule has 62 valence electrons. The molecule has 0 atom stereocenters. The van der Waals surface area contributed by atoms with Crippen LogP contribution in [0.15, 0.2) is 18.2 Å². The molecule has 0 bridgehead atoms. The molecule has 0 aliphatic heterocycles. The van der Waals surface area contributed by atoms with Crippen molar-refractivity contribution < 1.29 is 9.59 Å². The lowest BCUT2D eigenvalue weighted by Gasteiger charge is -1.96. The zero-order valence-corrected chi connectivity index (χ0v) is 6.56. The SMILES string of the molecule is O=CCc1cccc(CC=O)n1. The van der Waals surface area contributed by atoms with E-state index in [0.717, 1.165) is 12.6 Å². The number of hydrogen-bond acceptors (Lipinski definition) is 3. The van der Waals surface area contributed by atoms with E-state index in [0.29, 0.717) is 24.2 Å². The monoisotopic (exact) mass is 163 g/mol. The number of nitrogens with zero attached hydrogens (tertiary/aromatic N) is 1. The van der Waals surface area contributed by atoms with Crippen LogP contribution in [0.25, 0.3) is 0 Å². The van der Waals surface area contributed by atoms with Gasteiger partial charge in [0.25, 0.3) is 0 Å². The highest BCUT2D eigenvalue weighted by molar-refractivity contribution is 5.55. The van der Waals surface area contributed by atoms with Crippen molar-refractivity contribution in [2.45, 2.75) is 12.8 Å². The van der Waals surface area contributed by atoms with Crippen molar-refractivity contribution >= 4 is 12.6 Å². The first-order valence-corrected chi connectivity index (χ1v) is 3.69. The lowest BCUT2D eigenvalue weighted by atomic mass is 10.2. The zero-order chi connectivity index (χ0) is 8.81. The average molecular weight is 163 g/mol. The summed E-state index contributed by atoms with van der Waals surface area (Å²) < 4.78 is 0. The van der Waals surface area contributed by atoms with E-state index in [2.05, 4.69) is 4.98 Å². The van der Waals surface area contributed by atoms with Gasteiger partial charge in [0.1, 0.15) is 12.6 Å². The molecule has 0 unspecified atom stereocenters. The topological polar surface area (TPSA) is 47.0 Å². The van der Waals surface area contributed by atoms with Gasteiger partial charge in [-0.05, 0) is 12.1 Å². The van der Waals surface area contributed by atoms with Crippen molar-refractivity contribution in [3.63, 3.8) is 0 Å². The van der Waals surface area contributed by atoms with E-state index in [9.17, 15) is 9.59 Å². The lowest BCUT2D eigenvalue weighted by Crippen LogP contribution is -1.96. The standard InChI is InChI=1S/C9H9NO2/c11-6-4-8-2-1-3-9(10-8)5-7-12/h1-3,6-7H,4-5H2. The Hall–Kier alpha value is -1.51. The zero-order valence-electron chi connectivity index (χ0n) is 6.56. The molecule has 1 heterocycles. The molecular weight excluding hydrogens is 154 g/mol. The summed E-state index contributed by atoms with van der Waals surface area (Å²) in [7, 11) is 0. The predicted octanol–water partition coefficient (Wildman–Crippen LogP) is 0.564. The van der Waals surface area contributed by atoms with E-state index in [-0.39, 0.29) is 0 Å². The number of carbonyl (C=O) groups is 2. The molecule has 3 nitrogen and oxygen atoms in total. The Kier molecular flexibility index (Phi) is 3.14. The molecule has 0 aliphatic carbocycles. The Morgan fingerprint density at radius 2 is 1.58 bits per heavy atom. The van der Waals surface area contributed by atoms with Gasteiger partial charge in [0.05, 0.1) is 0 Å². The molecular formula is C9H9NO2. The second-order valence-corrected chi connectivity index (χ2v) is 2.36. The van der Waals surface area contributed by atoms with E-state index in [1.54, 1.807) is 18.2 Å². The molecule has 1 aromatic heterocycles. The fourth-order valence-corrected chi connectivity index (χ4v) is 0.927. The molecule has 0 radical (unpaired) electrons. The van der Waals surface area contributed by atoms with Crippen LogP contribution in [0.4, 0.5) is 0 Å². The Labute approximate surface area is 70.4 Å². The highest BCUT2D eigenvalue weighted by atomic mass is 16.1. The maximum atomic E-state index is 10.1. The number of pyridine rings is 1. The molecule has 0 fully saturated rings. The van der Waals surface area contributed by atoms with Crippen molar-refractivity contribution in [3.05, 3.63) is 29.6 Å². The summed E-state index contributed by atoms with van der Waals surface area (Å²) in [6.07, 6.45) is 2.22. The molecule has 1 aromatic rings. The van der Waals surface area contributed by atoms with Gasteiger partial charge in [-0.15, -0.1) is 0 Å². The van der Waals surface area contributed by atoms with Crippen molar-refractivity contribution in [1.29, 1.82) is 0 Å². The van der Waals surface area contributed by atoms with Gasteiger partial charge in [-0.1, -0.05) is 6.07 Å². The van der Waals surface area contributed by atoms with Crippen LogP contribution >= 0.6 is 0 Å². The van der Waals surface area contributed by atoms with Crippen LogP contribution in [0, 0.1) is 0 Å². The Morgan fingerprint density at radius 3 is 2.00 bits per heavy atom. The number of rotatable bonds is 4. The smallest absolute Gasteiger partial charge is 0.125 e. The van der Waals surface area contributed by atoms with Gasteiger partial charge in [-0.2, -0.15) is 0 Å². The number of aromatic nitrogens is 1. The normalized spacial score (nSPS) is 9.33. The summed E-state index contributed by atoms with van der Waals surface area (Å²) in [5.74, 6) is 0. The van der Waals surface area contributed by atoms with Gasteiger partial charge < -0.3 is 9.59 Å². The van der Waals surface area contributed by atoms with Crippen LogP contribution < -0.4 is 0 Å². The summed E-state index contributed by atoms with van der Waals surface area (Å²) in [5.41, 5.74) is 1.42. The number of carbonyl (C=O) groups excluding carboxylic acids is 2. The van der Waals surface area contributed by atoms with Crippen LogP contribution in [0.2, 0.25) is 0 Å². The maximum absolute atomic E-state index is 10.1. The van der Waals surface area contributed by atoms with Gasteiger partial charge in [0.15, 0.2) is 0 Å². The third-order valence-electron chi connectivity index (χ3n) is 1.45. The Balaban J connectivity index is 2.79. The van der Waals surface area contributed by atoms with Crippen LogP contribution in [0.3, 0.4) is 0 Å².